The van der Waals surface area contributed by atoms with Gasteiger partial charge in [0, 0.05) is 0 Å². The standard InChI is InChI=1S/C34H35ClO5/c35-34-33(39-24-29-19-11-4-12-20-29)32(38-23-28-17-9-3-10-18-28)31(37-22-27-15-7-2-8-16-27)30(40-34)25-36-21-26-13-5-1-6-14-26/h1-20,30-34H,21-25H2/t30-,31-,32+,33?,34?/m1/s1. The van der Waals surface area contributed by atoms with Crippen molar-refractivity contribution in [3.63, 3.8) is 0 Å². The minimum Gasteiger partial charge on any atom is -0.374 e. The molecule has 5 atom stereocenters. The number of hydrogen-bond donors (Lipinski definition) is 0. The molecule has 4 aromatic carbocycles. The highest BCUT2D eigenvalue weighted by molar-refractivity contribution is 6.20. The lowest BCUT2D eigenvalue weighted by molar-refractivity contribution is -0.256. The zero-order valence-corrected chi connectivity index (χ0v) is 23.1. The van der Waals surface area contributed by atoms with Crippen molar-refractivity contribution in [2.45, 2.75) is 56.4 Å². The van der Waals surface area contributed by atoms with E-state index in [9.17, 15) is 0 Å². The second-order valence-electron chi connectivity index (χ2n) is 9.81. The number of hydrogen-bond acceptors (Lipinski definition) is 5. The van der Waals surface area contributed by atoms with E-state index in [-0.39, 0.29) is 0 Å². The molecule has 5 rings (SSSR count). The van der Waals surface area contributed by atoms with Crippen molar-refractivity contribution in [3.05, 3.63) is 144 Å². The maximum absolute atomic E-state index is 6.86. The maximum Gasteiger partial charge on any atom is 0.160 e. The van der Waals surface area contributed by atoms with Crippen molar-refractivity contribution in [3.8, 4) is 0 Å². The Kier molecular flexibility index (Phi) is 10.8. The number of benzene rings is 4. The van der Waals surface area contributed by atoms with E-state index in [4.69, 9.17) is 35.3 Å². The molecule has 0 amide bonds. The smallest absolute Gasteiger partial charge is 0.160 e. The van der Waals surface area contributed by atoms with Gasteiger partial charge in [0.25, 0.3) is 0 Å². The molecule has 0 spiro atoms. The Morgan fingerprint density at radius 2 is 0.850 bits per heavy atom. The van der Waals surface area contributed by atoms with Gasteiger partial charge in [-0.2, -0.15) is 0 Å². The van der Waals surface area contributed by atoms with Crippen molar-refractivity contribution in [2.75, 3.05) is 6.61 Å². The largest absolute Gasteiger partial charge is 0.374 e. The summed E-state index contributed by atoms with van der Waals surface area (Å²) in [5.41, 5.74) is 3.50. The van der Waals surface area contributed by atoms with E-state index in [0.29, 0.717) is 33.0 Å². The molecule has 0 saturated carbocycles. The zero-order chi connectivity index (χ0) is 27.4. The highest BCUT2D eigenvalue weighted by Crippen LogP contribution is 2.32. The second-order valence-corrected chi connectivity index (χ2v) is 10.2. The van der Waals surface area contributed by atoms with Crippen molar-refractivity contribution < 1.29 is 23.7 Å². The summed E-state index contributed by atoms with van der Waals surface area (Å²) in [5, 5.41) is 0. The van der Waals surface area contributed by atoms with Crippen LogP contribution in [0.2, 0.25) is 0 Å². The van der Waals surface area contributed by atoms with E-state index in [2.05, 4.69) is 0 Å². The molecule has 1 aliphatic rings. The molecule has 5 nitrogen and oxygen atoms in total. The molecule has 1 fully saturated rings. The van der Waals surface area contributed by atoms with Crippen LogP contribution < -0.4 is 0 Å². The molecule has 40 heavy (non-hydrogen) atoms. The zero-order valence-electron chi connectivity index (χ0n) is 22.4. The van der Waals surface area contributed by atoms with Crippen LogP contribution in [0.15, 0.2) is 121 Å². The normalized spacial score (nSPS) is 22.7. The van der Waals surface area contributed by atoms with E-state index >= 15 is 0 Å². The Labute approximate surface area is 241 Å². The average molecular weight is 559 g/mol. The van der Waals surface area contributed by atoms with Crippen LogP contribution in [-0.4, -0.2) is 36.6 Å². The summed E-state index contributed by atoms with van der Waals surface area (Å²) < 4.78 is 31.9. The summed E-state index contributed by atoms with van der Waals surface area (Å²) in [7, 11) is 0. The molecular formula is C34H35ClO5. The molecular weight excluding hydrogens is 524 g/mol. The predicted molar refractivity (Wildman–Crippen MR) is 156 cm³/mol. The monoisotopic (exact) mass is 558 g/mol. The molecule has 0 N–H and O–H groups in total. The van der Waals surface area contributed by atoms with Crippen LogP contribution in [0.25, 0.3) is 0 Å². The Hall–Kier alpha value is -3.03. The highest BCUT2D eigenvalue weighted by atomic mass is 35.5. The van der Waals surface area contributed by atoms with Gasteiger partial charge in [0.15, 0.2) is 5.56 Å². The third-order valence-corrected chi connectivity index (χ3v) is 7.18. The molecule has 1 aliphatic heterocycles. The van der Waals surface area contributed by atoms with Gasteiger partial charge in [-0.3, -0.25) is 0 Å². The summed E-state index contributed by atoms with van der Waals surface area (Å²) in [6.07, 6.45) is -1.98. The maximum atomic E-state index is 6.86. The quantitative estimate of drug-likeness (QED) is 0.167. The van der Waals surface area contributed by atoms with Crippen LogP contribution in [0.3, 0.4) is 0 Å². The van der Waals surface area contributed by atoms with E-state index in [1.165, 1.54) is 0 Å². The van der Waals surface area contributed by atoms with Crippen LogP contribution in [0.4, 0.5) is 0 Å². The summed E-state index contributed by atoms with van der Waals surface area (Å²) >= 11 is 6.86. The third-order valence-electron chi connectivity index (χ3n) is 6.83. The van der Waals surface area contributed by atoms with Crippen molar-refractivity contribution in [1.82, 2.24) is 0 Å². The summed E-state index contributed by atoms with van der Waals surface area (Å²) in [4.78, 5) is 0. The lowest BCUT2D eigenvalue weighted by Gasteiger charge is -2.44. The van der Waals surface area contributed by atoms with Gasteiger partial charge in [-0.1, -0.05) is 133 Å². The average Bonchev–Trinajstić information content (AvgIpc) is 3.01. The molecule has 2 unspecified atom stereocenters. The number of rotatable bonds is 13. The lowest BCUT2D eigenvalue weighted by Crippen LogP contribution is -2.59. The first-order chi connectivity index (χ1) is 19.8. The number of alkyl halides is 1. The number of halogens is 1. The van der Waals surface area contributed by atoms with Crippen LogP contribution in [0.5, 0.6) is 0 Å². The minimum atomic E-state index is -0.744. The Morgan fingerprint density at radius 1 is 0.475 bits per heavy atom. The van der Waals surface area contributed by atoms with Gasteiger partial charge in [0.2, 0.25) is 0 Å². The van der Waals surface area contributed by atoms with Gasteiger partial charge in [-0.05, 0) is 22.3 Å². The van der Waals surface area contributed by atoms with Gasteiger partial charge in [-0.25, -0.2) is 0 Å². The fourth-order valence-corrected chi connectivity index (χ4v) is 5.08. The Morgan fingerprint density at radius 3 is 1.30 bits per heavy atom. The van der Waals surface area contributed by atoms with Crippen LogP contribution in [-0.2, 0) is 50.1 Å². The van der Waals surface area contributed by atoms with Gasteiger partial charge >= 0.3 is 0 Å². The van der Waals surface area contributed by atoms with Crippen molar-refractivity contribution in [2.24, 2.45) is 0 Å². The molecule has 1 heterocycles. The topological polar surface area (TPSA) is 46.2 Å². The molecule has 0 bridgehead atoms. The van der Waals surface area contributed by atoms with Gasteiger partial charge < -0.3 is 23.7 Å². The van der Waals surface area contributed by atoms with E-state index < -0.39 is 30.0 Å². The summed E-state index contributed by atoms with van der Waals surface area (Å²) in [6, 6.07) is 40.2. The highest BCUT2D eigenvalue weighted by Gasteiger charge is 2.47. The Bertz CT molecular complexity index is 1240. The summed E-state index contributed by atoms with van der Waals surface area (Å²) in [6.45, 7) is 1.93. The minimum absolute atomic E-state index is 0.300. The van der Waals surface area contributed by atoms with E-state index in [1.54, 1.807) is 0 Å². The molecule has 208 valence electrons. The summed E-state index contributed by atoms with van der Waals surface area (Å²) in [5.74, 6) is 0. The molecule has 6 heteroatoms. The van der Waals surface area contributed by atoms with Gasteiger partial charge in [0.05, 0.1) is 33.0 Å². The third kappa shape index (κ3) is 8.24. The fraction of sp³-hybridized carbons (Fsp3) is 0.294. The fourth-order valence-electron chi connectivity index (χ4n) is 4.73. The van der Waals surface area contributed by atoms with Crippen LogP contribution >= 0.6 is 11.6 Å². The molecule has 0 radical (unpaired) electrons. The first-order valence-electron chi connectivity index (χ1n) is 13.6. The molecule has 0 aromatic heterocycles. The SMILES string of the molecule is ClC1O[C@H](COCc2ccccc2)[C@@H](OCc2ccccc2)[C@H](OCc2ccccc2)C1OCc1ccccc1. The van der Waals surface area contributed by atoms with E-state index in [0.717, 1.165) is 22.3 Å². The number of ether oxygens (including phenoxy) is 5. The van der Waals surface area contributed by atoms with Crippen molar-refractivity contribution in [1.29, 1.82) is 0 Å². The first kappa shape index (κ1) is 28.5. The van der Waals surface area contributed by atoms with Crippen LogP contribution in [0.1, 0.15) is 22.3 Å². The van der Waals surface area contributed by atoms with Crippen LogP contribution in [0, 0.1) is 0 Å². The molecule has 1 saturated heterocycles. The van der Waals surface area contributed by atoms with E-state index in [1.807, 2.05) is 121 Å². The Balaban J connectivity index is 1.36. The lowest BCUT2D eigenvalue weighted by atomic mass is 9.99. The molecule has 4 aromatic rings. The molecule has 0 aliphatic carbocycles. The van der Waals surface area contributed by atoms with Gasteiger partial charge in [-0.15, -0.1) is 0 Å². The van der Waals surface area contributed by atoms with Gasteiger partial charge in [0.1, 0.15) is 24.4 Å². The predicted octanol–water partition coefficient (Wildman–Crippen LogP) is 6.92. The van der Waals surface area contributed by atoms with Crippen molar-refractivity contribution >= 4 is 11.6 Å². The first-order valence-corrected chi connectivity index (χ1v) is 14.1. The second kappa shape index (κ2) is 15.1.